The molecule has 0 aliphatic carbocycles. The lowest BCUT2D eigenvalue weighted by Crippen LogP contribution is -2.01. The fraction of sp³-hybridized carbons (Fsp3) is 0.0909. The summed E-state index contributed by atoms with van der Waals surface area (Å²) in [5, 5.41) is 16.3. The summed E-state index contributed by atoms with van der Waals surface area (Å²) in [6, 6.07) is 6.01. The Kier molecular flexibility index (Phi) is 3.51. The Labute approximate surface area is 113 Å². The third kappa shape index (κ3) is 2.36. The lowest BCUT2D eigenvalue weighted by molar-refractivity contribution is -0.388. The molecule has 0 bridgehead atoms. The monoisotopic (exact) mass is 274 g/mol. The van der Waals surface area contributed by atoms with Gasteiger partial charge >= 0.3 is 5.82 Å². The van der Waals surface area contributed by atoms with E-state index >= 15 is 0 Å². The van der Waals surface area contributed by atoms with Crippen LogP contribution in [0.4, 0.5) is 23.0 Å². The molecule has 2 aromatic heterocycles. The van der Waals surface area contributed by atoms with Gasteiger partial charge in [-0.25, -0.2) is 4.98 Å². The molecule has 3 N–H and O–H groups in total. The first-order chi connectivity index (χ1) is 9.56. The quantitative estimate of drug-likeness (QED) is 0.494. The van der Waals surface area contributed by atoms with E-state index in [1.54, 1.807) is 13.1 Å². The van der Waals surface area contributed by atoms with Crippen LogP contribution < -0.4 is 11.1 Å². The largest absolute Gasteiger partial charge is 0.396 e. The maximum absolute atomic E-state index is 10.9. The molecular weight excluding hydrogens is 264 g/mol. The maximum atomic E-state index is 10.9. The van der Waals surface area contributed by atoms with E-state index in [4.69, 9.17) is 5.73 Å². The topological polar surface area (TPSA) is 136 Å². The number of rotatable bonds is 4. The average Bonchev–Trinajstić information content (AvgIpc) is 2.47. The number of hydrogen-bond donors (Lipinski definition) is 2. The molecule has 0 unspecified atom stereocenters. The Hall–Kier alpha value is -3.10. The van der Waals surface area contributed by atoms with Crippen LogP contribution in [0.5, 0.6) is 0 Å². The van der Waals surface area contributed by atoms with Gasteiger partial charge in [0.1, 0.15) is 11.4 Å². The highest BCUT2D eigenvalue weighted by molar-refractivity contribution is 5.68. The lowest BCUT2D eigenvalue weighted by atomic mass is 10.2. The van der Waals surface area contributed by atoms with Gasteiger partial charge in [0, 0.05) is 7.05 Å². The summed E-state index contributed by atoms with van der Waals surface area (Å²) in [5.41, 5.74) is 6.45. The van der Waals surface area contributed by atoms with E-state index in [0.29, 0.717) is 0 Å². The fourth-order valence-corrected chi connectivity index (χ4v) is 1.60. The Balaban J connectivity index is 2.55. The Bertz CT molecular complexity index is 688. The van der Waals surface area contributed by atoms with Crippen LogP contribution in [-0.2, 0) is 0 Å². The molecule has 0 amide bonds. The van der Waals surface area contributed by atoms with Gasteiger partial charge in [0.25, 0.3) is 0 Å². The van der Waals surface area contributed by atoms with Crippen molar-refractivity contribution in [3.8, 4) is 11.4 Å². The van der Waals surface area contributed by atoms with Gasteiger partial charge in [-0.2, -0.15) is 0 Å². The molecule has 9 heteroatoms. The van der Waals surface area contributed by atoms with Gasteiger partial charge in [-0.3, -0.25) is 0 Å². The van der Waals surface area contributed by atoms with Crippen molar-refractivity contribution >= 4 is 23.0 Å². The molecule has 0 atom stereocenters. The van der Waals surface area contributed by atoms with Crippen molar-refractivity contribution in [2.24, 2.45) is 5.18 Å². The first-order valence-corrected chi connectivity index (χ1v) is 5.50. The zero-order chi connectivity index (χ0) is 14.7. The summed E-state index contributed by atoms with van der Waals surface area (Å²) in [7, 11) is 1.56. The lowest BCUT2D eigenvalue weighted by Gasteiger charge is -2.03. The van der Waals surface area contributed by atoms with Crippen LogP contribution in [0.1, 0.15) is 0 Å². The summed E-state index contributed by atoms with van der Waals surface area (Å²) in [4.78, 5) is 28.7. The maximum Gasteiger partial charge on any atom is 0.387 e. The molecule has 0 saturated carbocycles. The SMILES string of the molecule is CNc1ccc(-c2ccc(N)c(N=O)n2)nc1[N+](=O)[O-]. The van der Waals surface area contributed by atoms with Crippen LogP contribution in [0.15, 0.2) is 29.4 Å². The van der Waals surface area contributed by atoms with Crippen molar-refractivity contribution in [1.29, 1.82) is 0 Å². The number of nitrogens with zero attached hydrogens (tertiary/aromatic N) is 4. The first kappa shape index (κ1) is 13.3. The van der Waals surface area contributed by atoms with Gasteiger partial charge in [0.2, 0.25) is 11.5 Å². The van der Waals surface area contributed by atoms with Crippen LogP contribution in [0.3, 0.4) is 0 Å². The molecule has 0 spiro atoms. The molecule has 2 rings (SSSR count). The molecule has 0 saturated heterocycles. The zero-order valence-corrected chi connectivity index (χ0v) is 10.4. The van der Waals surface area contributed by atoms with Gasteiger partial charge in [-0.1, -0.05) is 0 Å². The highest BCUT2D eigenvalue weighted by atomic mass is 16.6. The number of pyridine rings is 2. The molecule has 0 radical (unpaired) electrons. The number of aromatic nitrogens is 2. The standard InChI is InChI=1S/C11H10N6O3/c1-13-9-5-4-8(15-11(9)17(19)20)7-3-2-6(12)10(14-7)16-18/h2-5,13H,12H2,1H3. The molecular formula is C11H10N6O3. The Morgan fingerprint density at radius 2 is 1.90 bits per heavy atom. The number of nitrogens with one attached hydrogen (secondary N) is 1. The normalized spacial score (nSPS) is 10.1. The van der Waals surface area contributed by atoms with Gasteiger partial charge in [0.05, 0.1) is 5.69 Å². The number of anilines is 2. The van der Waals surface area contributed by atoms with E-state index in [1.165, 1.54) is 18.2 Å². The number of nitroso groups, excluding NO2 is 1. The molecule has 0 aromatic carbocycles. The highest BCUT2D eigenvalue weighted by Crippen LogP contribution is 2.28. The summed E-state index contributed by atoms with van der Waals surface area (Å²) < 4.78 is 0. The van der Waals surface area contributed by atoms with Crippen molar-refractivity contribution in [2.45, 2.75) is 0 Å². The van der Waals surface area contributed by atoms with Crippen molar-refractivity contribution in [2.75, 3.05) is 18.1 Å². The van der Waals surface area contributed by atoms with E-state index in [1.807, 2.05) is 0 Å². The molecule has 0 aliphatic rings. The van der Waals surface area contributed by atoms with Gasteiger partial charge in [-0.15, -0.1) is 4.91 Å². The molecule has 2 aromatic rings. The van der Waals surface area contributed by atoms with Crippen LogP contribution in [0, 0.1) is 15.0 Å². The van der Waals surface area contributed by atoms with Gasteiger partial charge in [-0.05, 0) is 39.3 Å². The molecule has 102 valence electrons. The van der Waals surface area contributed by atoms with Crippen LogP contribution in [-0.4, -0.2) is 21.9 Å². The van der Waals surface area contributed by atoms with E-state index in [-0.39, 0.29) is 34.4 Å². The minimum absolute atomic E-state index is 0.130. The second kappa shape index (κ2) is 5.26. The molecule has 0 aliphatic heterocycles. The first-order valence-electron chi connectivity index (χ1n) is 5.50. The molecule has 2 heterocycles. The summed E-state index contributed by atoms with van der Waals surface area (Å²) >= 11 is 0. The molecule has 20 heavy (non-hydrogen) atoms. The Morgan fingerprint density at radius 3 is 2.50 bits per heavy atom. The minimum atomic E-state index is -0.606. The van der Waals surface area contributed by atoms with Gasteiger partial charge in [0.15, 0.2) is 0 Å². The fourth-order valence-electron chi connectivity index (χ4n) is 1.60. The predicted octanol–water partition coefficient (Wildman–Crippen LogP) is 2.07. The van der Waals surface area contributed by atoms with Crippen LogP contribution in [0.25, 0.3) is 11.4 Å². The third-order valence-electron chi connectivity index (χ3n) is 2.57. The number of hydrogen-bond acceptors (Lipinski definition) is 8. The summed E-state index contributed by atoms with van der Waals surface area (Å²) in [5.74, 6) is -0.506. The average molecular weight is 274 g/mol. The minimum Gasteiger partial charge on any atom is -0.396 e. The van der Waals surface area contributed by atoms with E-state index in [0.717, 1.165) is 0 Å². The summed E-state index contributed by atoms with van der Waals surface area (Å²) in [6.07, 6.45) is 0. The second-order valence-corrected chi connectivity index (χ2v) is 3.78. The smallest absolute Gasteiger partial charge is 0.387 e. The molecule has 0 fully saturated rings. The van der Waals surface area contributed by atoms with E-state index in [2.05, 4.69) is 20.5 Å². The van der Waals surface area contributed by atoms with E-state index in [9.17, 15) is 15.0 Å². The number of nitrogens with two attached hydrogens (primary N) is 1. The predicted molar refractivity (Wildman–Crippen MR) is 73.5 cm³/mol. The molecule has 9 nitrogen and oxygen atoms in total. The van der Waals surface area contributed by atoms with Crippen LogP contribution >= 0.6 is 0 Å². The summed E-state index contributed by atoms with van der Waals surface area (Å²) in [6.45, 7) is 0. The van der Waals surface area contributed by atoms with Gasteiger partial charge < -0.3 is 21.2 Å². The third-order valence-corrected chi connectivity index (χ3v) is 2.57. The number of nitrogen functional groups attached to an aromatic ring is 1. The zero-order valence-electron chi connectivity index (χ0n) is 10.4. The van der Waals surface area contributed by atoms with Crippen LogP contribution in [0.2, 0.25) is 0 Å². The van der Waals surface area contributed by atoms with Crippen molar-refractivity contribution in [1.82, 2.24) is 9.97 Å². The highest BCUT2D eigenvalue weighted by Gasteiger charge is 2.19. The van der Waals surface area contributed by atoms with Crippen molar-refractivity contribution < 1.29 is 4.92 Å². The van der Waals surface area contributed by atoms with Crippen molar-refractivity contribution in [3.63, 3.8) is 0 Å². The second-order valence-electron chi connectivity index (χ2n) is 3.78. The van der Waals surface area contributed by atoms with Crippen molar-refractivity contribution in [3.05, 3.63) is 39.3 Å². The Morgan fingerprint density at radius 1 is 1.25 bits per heavy atom. The number of nitro groups is 1. The van der Waals surface area contributed by atoms with E-state index < -0.39 is 4.92 Å².